The lowest BCUT2D eigenvalue weighted by atomic mass is 10.1. The number of para-hydroxylation sites is 2. The van der Waals surface area contributed by atoms with Gasteiger partial charge in [-0.05, 0) is 18.2 Å². The fraction of sp³-hybridized carbons (Fsp3) is 0.0588. The van der Waals surface area contributed by atoms with Crippen molar-refractivity contribution in [1.29, 1.82) is 0 Å². The Balaban J connectivity index is 2.25. The molecule has 0 bridgehead atoms. The number of carbonyl (C=O) groups is 2. The van der Waals surface area contributed by atoms with E-state index in [1.165, 1.54) is 48.5 Å². The average molecular weight is 430 g/mol. The molecule has 0 aromatic heterocycles. The predicted octanol–water partition coefficient (Wildman–Crippen LogP) is 4.89. The molecule has 1 N–H and O–H groups in total. The number of hydrogen-bond acceptors (Lipinski definition) is 5. The third kappa shape index (κ3) is 5.43. The standard InChI is InChI=1S/C17H11Cl3N2O5/c18-12(15(19)20)9-27-17(24)11-6-2-1-5-10(11)16(23)21-13-7-3-4-8-14(13)22(25)26/h1-8H,9H2,(H,21,23). The van der Waals surface area contributed by atoms with Gasteiger partial charge in [-0.25, -0.2) is 4.79 Å². The lowest BCUT2D eigenvalue weighted by Gasteiger charge is -2.10. The van der Waals surface area contributed by atoms with Crippen LogP contribution >= 0.6 is 34.8 Å². The van der Waals surface area contributed by atoms with E-state index in [4.69, 9.17) is 39.5 Å². The van der Waals surface area contributed by atoms with Gasteiger partial charge >= 0.3 is 5.97 Å². The highest BCUT2D eigenvalue weighted by atomic mass is 35.5. The molecule has 0 spiro atoms. The van der Waals surface area contributed by atoms with E-state index in [2.05, 4.69) is 5.32 Å². The van der Waals surface area contributed by atoms with Crippen molar-refractivity contribution in [3.63, 3.8) is 0 Å². The first kappa shape index (κ1) is 20.7. The van der Waals surface area contributed by atoms with Gasteiger partial charge < -0.3 is 10.1 Å². The Morgan fingerprint density at radius 3 is 2.22 bits per heavy atom. The second-order valence-electron chi connectivity index (χ2n) is 5.02. The molecule has 2 aromatic carbocycles. The molecule has 0 radical (unpaired) electrons. The molecule has 0 saturated carbocycles. The number of nitro benzene ring substituents is 1. The maximum Gasteiger partial charge on any atom is 0.339 e. The summed E-state index contributed by atoms with van der Waals surface area (Å²) in [4.78, 5) is 35.2. The molecule has 7 nitrogen and oxygen atoms in total. The Labute approximate surface area is 168 Å². The van der Waals surface area contributed by atoms with Crippen molar-refractivity contribution in [1.82, 2.24) is 0 Å². The number of hydrogen-bond donors (Lipinski definition) is 1. The monoisotopic (exact) mass is 428 g/mol. The summed E-state index contributed by atoms with van der Waals surface area (Å²) in [5.41, 5.74) is -0.364. The third-order valence-corrected chi connectivity index (χ3v) is 4.22. The van der Waals surface area contributed by atoms with E-state index in [0.717, 1.165) is 0 Å². The maximum absolute atomic E-state index is 12.5. The molecular weight excluding hydrogens is 419 g/mol. The van der Waals surface area contributed by atoms with Crippen LogP contribution in [0.25, 0.3) is 0 Å². The van der Waals surface area contributed by atoms with Gasteiger partial charge in [0.05, 0.1) is 21.1 Å². The molecule has 0 atom stereocenters. The normalized spacial score (nSPS) is 10.0. The number of nitrogens with one attached hydrogen (secondary N) is 1. The summed E-state index contributed by atoms with van der Waals surface area (Å²) in [6, 6.07) is 11.5. The predicted molar refractivity (Wildman–Crippen MR) is 102 cm³/mol. The number of benzene rings is 2. The topological polar surface area (TPSA) is 98.5 Å². The summed E-state index contributed by atoms with van der Waals surface area (Å²) in [5.74, 6) is -1.55. The summed E-state index contributed by atoms with van der Waals surface area (Å²) in [6.45, 7) is -0.372. The summed E-state index contributed by atoms with van der Waals surface area (Å²) >= 11 is 16.6. The molecule has 27 heavy (non-hydrogen) atoms. The highest BCUT2D eigenvalue weighted by molar-refractivity contribution is 6.59. The number of rotatable bonds is 6. The van der Waals surface area contributed by atoms with Crippen LogP contribution in [0.15, 0.2) is 58.1 Å². The zero-order chi connectivity index (χ0) is 20.0. The van der Waals surface area contributed by atoms with Gasteiger partial charge in [0.2, 0.25) is 0 Å². The Morgan fingerprint density at radius 2 is 1.59 bits per heavy atom. The molecule has 0 aliphatic heterocycles. The van der Waals surface area contributed by atoms with Gasteiger partial charge in [-0.2, -0.15) is 0 Å². The summed E-state index contributed by atoms with van der Waals surface area (Å²) in [7, 11) is 0. The minimum Gasteiger partial charge on any atom is -0.456 e. The van der Waals surface area contributed by atoms with E-state index in [0.29, 0.717) is 0 Å². The number of carbonyl (C=O) groups excluding carboxylic acids is 2. The lowest BCUT2D eigenvalue weighted by Crippen LogP contribution is -2.18. The van der Waals surface area contributed by atoms with Crippen molar-refractivity contribution in [2.75, 3.05) is 11.9 Å². The number of esters is 1. The van der Waals surface area contributed by atoms with Gasteiger partial charge in [0.25, 0.3) is 11.6 Å². The Morgan fingerprint density at radius 1 is 1.00 bits per heavy atom. The van der Waals surface area contributed by atoms with Crippen LogP contribution in [0.5, 0.6) is 0 Å². The SMILES string of the molecule is O=C(Nc1ccccc1[N+](=O)[O-])c1ccccc1C(=O)OCC(Cl)=C(Cl)Cl. The van der Waals surface area contributed by atoms with Gasteiger partial charge in [-0.15, -0.1) is 0 Å². The molecular formula is C17H11Cl3N2O5. The minimum atomic E-state index is -0.837. The van der Waals surface area contributed by atoms with Gasteiger partial charge in [0.1, 0.15) is 16.8 Å². The van der Waals surface area contributed by atoms with Crippen LogP contribution in [0.2, 0.25) is 0 Å². The number of amides is 1. The smallest absolute Gasteiger partial charge is 0.339 e. The van der Waals surface area contributed by atoms with Crippen LogP contribution in [0.1, 0.15) is 20.7 Å². The molecule has 2 aromatic rings. The molecule has 0 fully saturated rings. The van der Waals surface area contributed by atoms with Crippen LogP contribution in [-0.4, -0.2) is 23.4 Å². The maximum atomic E-state index is 12.5. The molecule has 0 aliphatic carbocycles. The minimum absolute atomic E-state index is 0.00410. The third-order valence-electron chi connectivity index (χ3n) is 3.28. The van der Waals surface area contributed by atoms with Gasteiger partial charge in [0.15, 0.2) is 0 Å². The van der Waals surface area contributed by atoms with Gasteiger partial charge in [-0.3, -0.25) is 14.9 Å². The van der Waals surface area contributed by atoms with E-state index in [9.17, 15) is 19.7 Å². The number of nitro groups is 1. The summed E-state index contributed by atoms with van der Waals surface area (Å²) < 4.78 is 4.72. The molecule has 0 aliphatic rings. The van der Waals surface area contributed by atoms with Crippen molar-refractivity contribution >= 4 is 58.1 Å². The summed E-state index contributed by atoms with van der Waals surface area (Å²) in [6.07, 6.45) is 0. The quantitative estimate of drug-likeness (QED) is 0.400. The fourth-order valence-electron chi connectivity index (χ4n) is 2.05. The van der Waals surface area contributed by atoms with Crippen LogP contribution in [0.4, 0.5) is 11.4 Å². The van der Waals surface area contributed by atoms with Crippen LogP contribution in [0, 0.1) is 10.1 Å². The van der Waals surface area contributed by atoms with Crippen molar-refractivity contribution in [2.24, 2.45) is 0 Å². The first-order valence-electron chi connectivity index (χ1n) is 7.32. The van der Waals surface area contributed by atoms with E-state index in [1.54, 1.807) is 0 Å². The van der Waals surface area contributed by atoms with Gasteiger partial charge in [0, 0.05) is 6.07 Å². The summed E-state index contributed by atoms with van der Waals surface area (Å²) in [5, 5.41) is 13.4. The molecule has 1 amide bonds. The van der Waals surface area contributed by atoms with E-state index < -0.39 is 16.8 Å². The molecule has 10 heteroatoms. The number of nitrogens with zero attached hydrogens (tertiary/aromatic N) is 1. The Bertz CT molecular complexity index is 926. The molecule has 0 saturated heterocycles. The second-order valence-corrected chi connectivity index (χ2v) is 6.42. The first-order valence-corrected chi connectivity index (χ1v) is 8.45. The number of anilines is 1. The van der Waals surface area contributed by atoms with Gasteiger partial charge in [-0.1, -0.05) is 59.1 Å². The van der Waals surface area contributed by atoms with Crippen LogP contribution < -0.4 is 5.32 Å². The van der Waals surface area contributed by atoms with Crippen LogP contribution in [0.3, 0.4) is 0 Å². The zero-order valence-corrected chi connectivity index (χ0v) is 15.7. The highest BCUT2D eigenvalue weighted by Crippen LogP contribution is 2.24. The first-order chi connectivity index (χ1) is 12.8. The largest absolute Gasteiger partial charge is 0.456 e. The average Bonchev–Trinajstić information content (AvgIpc) is 2.65. The van der Waals surface area contributed by atoms with Crippen molar-refractivity contribution in [3.05, 3.63) is 79.3 Å². The second kappa shape index (κ2) is 9.36. The molecule has 2 rings (SSSR count). The molecule has 140 valence electrons. The fourth-order valence-corrected chi connectivity index (χ4v) is 2.21. The van der Waals surface area contributed by atoms with E-state index >= 15 is 0 Å². The lowest BCUT2D eigenvalue weighted by molar-refractivity contribution is -0.383. The van der Waals surface area contributed by atoms with Crippen molar-refractivity contribution < 1.29 is 19.2 Å². The number of ether oxygens (including phenoxy) is 1. The van der Waals surface area contributed by atoms with Crippen LogP contribution in [-0.2, 0) is 4.74 Å². The Hall–Kier alpha value is -2.61. The van der Waals surface area contributed by atoms with Crippen molar-refractivity contribution in [2.45, 2.75) is 0 Å². The highest BCUT2D eigenvalue weighted by Gasteiger charge is 2.21. The number of halogens is 3. The Kier molecular flexibility index (Phi) is 7.18. The van der Waals surface area contributed by atoms with E-state index in [1.807, 2.05) is 0 Å². The molecule has 0 heterocycles. The van der Waals surface area contributed by atoms with E-state index in [-0.39, 0.29) is 38.6 Å². The molecule has 0 unspecified atom stereocenters. The zero-order valence-electron chi connectivity index (χ0n) is 13.4. The van der Waals surface area contributed by atoms with Crippen molar-refractivity contribution in [3.8, 4) is 0 Å².